The molecule has 0 unspecified atom stereocenters. The second-order valence-corrected chi connectivity index (χ2v) is 14.2. The summed E-state index contributed by atoms with van der Waals surface area (Å²) in [7, 11) is 0. The smallest absolute Gasteiger partial charge is 0.164 e. The molecule has 0 spiro atoms. The third kappa shape index (κ3) is 4.57. The highest BCUT2D eigenvalue weighted by Gasteiger charge is 2.17. The summed E-state index contributed by atoms with van der Waals surface area (Å²) in [4.78, 5) is 15.1. The molecule has 52 heavy (non-hydrogen) atoms. The van der Waals surface area contributed by atoms with Gasteiger partial charge in [-0.25, -0.2) is 15.0 Å². The molecule has 11 rings (SSSR count). The highest BCUT2D eigenvalue weighted by molar-refractivity contribution is 7.27. The van der Waals surface area contributed by atoms with Gasteiger partial charge in [0.15, 0.2) is 17.5 Å². The van der Waals surface area contributed by atoms with Gasteiger partial charge in [0, 0.05) is 53.0 Å². The van der Waals surface area contributed by atoms with Crippen LogP contribution in [0.3, 0.4) is 0 Å². The molecule has 0 atom stereocenters. The van der Waals surface area contributed by atoms with Gasteiger partial charge in [0.2, 0.25) is 0 Å². The summed E-state index contributed by atoms with van der Waals surface area (Å²) in [5.41, 5.74) is 6.72. The summed E-state index contributed by atoms with van der Waals surface area (Å²) in [6.45, 7) is 0. The molecule has 3 heterocycles. The Kier molecular flexibility index (Phi) is 6.39. The Morgan fingerprint density at radius 1 is 0.365 bits per heavy atom. The summed E-state index contributed by atoms with van der Waals surface area (Å²) >= 11 is 1.88. The van der Waals surface area contributed by atoms with E-state index >= 15 is 0 Å². The maximum atomic E-state index is 6.24. The van der Waals surface area contributed by atoms with E-state index in [9.17, 15) is 0 Å². The average Bonchev–Trinajstić information content (AvgIpc) is 3.79. The zero-order chi connectivity index (χ0) is 34.2. The van der Waals surface area contributed by atoms with E-state index in [2.05, 4.69) is 109 Å². The standard InChI is InChI=1S/C47H27N3OS/c1-2-11-30(12-3-1)45-48-46(50-47(49-45)33-23-24-37-36-16-6-7-19-40(36)51-41(37)27-33)32-14-8-13-31(26-32)35-17-9-18-38-39-25-22-29-21-20-28-10-4-5-15-34(28)42(29)44(39)52-43(35)38/h1-27H. The molecule has 0 aliphatic heterocycles. The molecule has 5 heteroatoms. The second-order valence-electron chi connectivity index (χ2n) is 13.2. The molecule has 242 valence electrons. The summed E-state index contributed by atoms with van der Waals surface area (Å²) in [6.07, 6.45) is 0. The van der Waals surface area contributed by atoms with Crippen LogP contribution in [0, 0.1) is 0 Å². The van der Waals surface area contributed by atoms with E-state index in [-0.39, 0.29) is 0 Å². The van der Waals surface area contributed by atoms with Gasteiger partial charge in [-0.2, -0.15) is 0 Å². The monoisotopic (exact) mass is 681 g/mol. The SMILES string of the molecule is c1ccc(-c2nc(-c3cccc(-c4cccc5c4sc4c5ccc5ccc6ccccc6c54)c3)nc(-c3ccc4c(c3)oc3ccccc34)n2)cc1. The van der Waals surface area contributed by atoms with Crippen molar-refractivity contribution in [1.82, 2.24) is 15.0 Å². The Balaban J connectivity index is 1.08. The molecule has 0 aliphatic carbocycles. The zero-order valence-corrected chi connectivity index (χ0v) is 28.6. The fraction of sp³-hybridized carbons (Fsp3) is 0. The van der Waals surface area contributed by atoms with E-state index in [1.807, 2.05) is 65.9 Å². The molecule has 0 aliphatic rings. The van der Waals surface area contributed by atoms with Crippen LogP contribution < -0.4 is 0 Å². The van der Waals surface area contributed by atoms with Crippen LogP contribution in [-0.2, 0) is 0 Å². The highest BCUT2D eigenvalue weighted by atomic mass is 32.1. The van der Waals surface area contributed by atoms with Crippen LogP contribution in [0.2, 0.25) is 0 Å². The quantitative estimate of drug-likeness (QED) is 0.174. The molecule has 0 bridgehead atoms. The van der Waals surface area contributed by atoms with E-state index in [4.69, 9.17) is 19.4 Å². The molecule has 4 nitrogen and oxygen atoms in total. The molecular weight excluding hydrogens is 655 g/mol. The molecule has 0 radical (unpaired) electrons. The lowest BCUT2D eigenvalue weighted by Crippen LogP contribution is -2.00. The van der Waals surface area contributed by atoms with Crippen LogP contribution in [0.5, 0.6) is 0 Å². The number of benzene rings is 8. The number of nitrogens with zero attached hydrogens (tertiary/aromatic N) is 3. The molecular formula is C47H27N3OS. The second kappa shape index (κ2) is 11.4. The first-order chi connectivity index (χ1) is 25.7. The van der Waals surface area contributed by atoms with E-state index in [1.54, 1.807) is 0 Å². The molecule has 0 fully saturated rings. The Bertz CT molecular complexity index is 3200. The van der Waals surface area contributed by atoms with Gasteiger partial charge in [0.05, 0.1) is 0 Å². The van der Waals surface area contributed by atoms with E-state index in [0.29, 0.717) is 17.5 Å². The van der Waals surface area contributed by atoms with Gasteiger partial charge in [-0.05, 0) is 51.6 Å². The Morgan fingerprint density at radius 2 is 0.962 bits per heavy atom. The summed E-state index contributed by atoms with van der Waals surface area (Å²) in [5, 5.41) is 9.87. The third-order valence-electron chi connectivity index (χ3n) is 10.1. The van der Waals surface area contributed by atoms with Gasteiger partial charge in [0.25, 0.3) is 0 Å². The van der Waals surface area contributed by atoms with Crippen molar-refractivity contribution in [1.29, 1.82) is 0 Å². The summed E-state index contributed by atoms with van der Waals surface area (Å²) < 4.78 is 8.84. The van der Waals surface area contributed by atoms with Crippen LogP contribution in [-0.4, -0.2) is 15.0 Å². The van der Waals surface area contributed by atoms with Gasteiger partial charge < -0.3 is 4.42 Å². The Morgan fingerprint density at radius 3 is 1.85 bits per heavy atom. The zero-order valence-electron chi connectivity index (χ0n) is 27.7. The van der Waals surface area contributed by atoms with Crippen molar-refractivity contribution in [3.05, 3.63) is 164 Å². The van der Waals surface area contributed by atoms with Gasteiger partial charge in [-0.3, -0.25) is 0 Å². The van der Waals surface area contributed by atoms with Crippen LogP contribution >= 0.6 is 11.3 Å². The minimum atomic E-state index is 0.599. The van der Waals surface area contributed by atoms with Crippen molar-refractivity contribution in [3.8, 4) is 45.3 Å². The number of rotatable bonds is 4. The third-order valence-corrected chi connectivity index (χ3v) is 11.4. The molecule has 0 N–H and O–H groups in total. The first kappa shape index (κ1) is 29.1. The van der Waals surface area contributed by atoms with Gasteiger partial charge in [0.1, 0.15) is 11.2 Å². The highest BCUT2D eigenvalue weighted by Crippen LogP contribution is 2.45. The number of hydrogen-bond acceptors (Lipinski definition) is 5. The lowest BCUT2D eigenvalue weighted by Gasteiger charge is -2.10. The van der Waals surface area contributed by atoms with Gasteiger partial charge in [-0.1, -0.05) is 140 Å². The van der Waals surface area contributed by atoms with E-state index in [0.717, 1.165) is 44.2 Å². The van der Waals surface area contributed by atoms with Crippen molar-refractivity contribution in [2.24, 2.45) is 0 Å². The van der Waals surface area contributed by atoms with Crippen molar-refractivity contribution < 1.29 is 4.42 Å². The van der Waals surface area contributed by atoms with Crippen molar-refractivity contribution in [2.75, 3.05) is 0 Å². The minimum Gasteiger partial charge on any atom is -0.456 e. The Labute approximate surface area is 302 Å². The molecule has 3 aromatic heterocycles. The van der Waals surface area contributed by atoms with E-state index < -0.39 is 0 Å². The lowest BCUT2D eigenvalue weighted by atomic mass is 9.98. The molecule has 0 saturated heterocycles. The maximum absolute atomic E-state index is 6.24. The molecule has 0 saturated carbocycles. The predicted octanol–water partition coefficient (Wildman–Crippen LogP) is 13.1. The van der Waals surface area contributed by atoms with Crippen LogP contribution in [0.4, 0.5) is 0 Å². The minimum absolute atomic E-state index is 0.599. The van der Waals surface area contributed by atoms with E-state index in [1.165, 1.54) is 47.3 Å². The lowest BCUT2D eigenvalue weighted by molar-refractivity contribution is 0.669. The number of aromatic nitrogens is 3. The van der Waals surface area contributed by atoms with Gasteiger partial charge >= 0.3 is 0 Å². The normalized spacial score (nSPS) is 11.8. The van der Waals surface area contributed by atoms with Crippen LogP contribution in [0.1, 0.15) is 0 Å². The first-order valence-corrected chi connectivity index (χ1v) is 18.2. The summed E-state index contributed by atoms with van der Waals surface area (Å²) in [5.74, 6) is 1.85. The predicted molar refractivity (Wildman–Crippen MR) is 217 cm³/mol. The molecule has 8 aromatic carbocycles. The topological polar surface area (TPSA) is 51.8 Å². The number of fused-ring (bicyclic) bond motifs is 10. The largest absolute Gasteiger partial charge is 0.456 e. The van der Waals surface area contributed by atoms with Gasteiger partial charge in [-0.15, -0.1) is 11.3 Å². The molecule has 11 aromatic rings. The first-order valence-electron chi connectivity index (χ1n) is 17.3. The number of thiophene rings is 1. The fourth-order valence-electron chi connectivity index (χ4n) is 7.61. The number of furan rings is 1. The van der Waals surface area contributed by atoms with Crippen molar-refractivity contribution in [2.45, 2.75) is 0 Å². The Hall–Kier alpha value is -6.69. The number of hydrogen-bond donors (Lipinski definition) is 0. The number of para-hydroxylation sites is 1. The average molecular weight is 682 g/mol. The van der Waals surface area contributed by atoms with Crippen LogP contribution in [0.25, 0.3) is 109 Å². The van der Waals surface area contributed by atoms with Crippen molar-refractivity contribution in [3.63, 3.8) is 0 Å². The van der Waals surface area contributed by atoms with Crippen molar-refractivity contribution >= 4 is 75.0 Å². The maximum Gasteiger partial charge on any atom is 0.164 e. The molecule has 0 amide bonds. The fourth-order valence-corrected chi connectivity index (χ4v) is 9.02. The van der Waals surface area contributed by atoms with Crippen LogP contribution in [0.15, 0.2) is 168 Å². The summed E-state index contributed by atoms with van der Waals surface area (Å²) in [6, 6.07) is 57.4.